The molecule has 2 N–H and O–H groups in total. The number of sulfonamides is 1. The minimum absolute atomic E-state index is 0.00693. The lowest BCUT2D eigenvalue weighted by atomic mass is 10.1. The molecule has 1 aromatic rings. The van der Waals surface area contributed by atoms with E-state index < -0.39 is 16.1 Å². The van der Waals surface area contributed by atoms with Gasteiger partial charge in [0.15, 0.2) is 0 Å². The number of carbonyl (C=O) groups is 1. The number of rotatable bonds is 4. The zero-order valence-electron chi connectivity index (χ0n) is 13.6. The molecule has 1 aliphatic heterocycles. The molecule has 0 bridgehead atoms. The average Bonchev–Trinajstić information content (AvgIpc) is 2.76. The first-order chi connectivity index (χ1) is 11.5. The summed E-state index contributed by atoms with van der Waals surface area (Å²) in [6.07, 6.45) is 5.68. The van der Waals surface area contributed by atoms with E-state index in [0.29, 0.717) is 18.7 Å². The first-order valence-electron chi connectivity index (χ1n) is 8.59. The van der Waals surface area contributed by atoms with Gasteiger partial charge in [-0.05, 0) is 37.1 Å². The van der Waals surface area contributed by atoms with Gasteiger partial charge in [-0.3, -0.25) is 4.79 Å². The molecule has 0 unspecified atom stereocenters. The van der Waals surface area contributed by atoms with Crippen LogP contribution in [0.15, 0.2) is 29.2 Å². The molecule has 0 spiro atoms. The van der Waals surface area contributed by atoms with Crippen molar-refractivity contribution in [3.63, 3.8) is 0 Å². The summed E-state index contributed by atoms with van der Waals surface area (Å²) in [5, 5.41) is 9.52. The Labute approximate surface area is 142 Å². The summed E-state index contributed by atoms with van der Waals surface area (Å²) in [6, 6.07) is 6.29. The van der Waals surface area contributed by atoms with Crippen LogP contribution in [0.1, 0.15) is 44.9 Å². The summed E-state index contributed by atoms with van der Waals surface area (Å²) in [4.78, 5) is 13.5. The van der Waals surface area contributed by atoms with E-state index in [2.05, 4.69) is 4.72 Å². The van der Waals surface area contributed by atoms with Crippen molar-refractivity contribution in [3.05, 3.63) is 24.3 Å². The van der Waals surface area contributed by atoms with Crippen molar-refractivity contribution in [2.75, 3.05) is 11.4 Å². The lowest BCUT2D eigenvalue weighted by molar-refractivity contribution is -0.123. The van der Waals surface area contributed by atoms with Gasteiger partial charge in [-0.25, -0.2) is 13.1 Å². The van der Waals surface area contributed by atoms with E-state index in [-0.39, 0.29) is 16.8 Å². The second kappa shape index (κ2) is 7.21. The molecule has 1 saturated carbocycles. The van der Waals surface area contributed by atoms with Crippen LogP contribution in [0.4, 0.5) is 5.69 Å². The van der Waals surface area contributed by atoms with E-state index in [0.717, 1.165) is 25.7 Å². The molecule has 1 amide bonds. The van der Waals surface area contributed by atoms with Crippen molar-refractivity contribution in [2.24, 2.45) is 0 Å². The van der Waals surface area contributed by atoms with Crippen molar-refractivity contribution >= 4 is 21.6 Å². The molecule has 0 aromatic heterocycles. The van der Waals surface area contributed by atoms with Gasteiger partial charge in [-0.2, -0.15) is 0 Å². The number of benzene rings is 1. The van der Waals surface area contributed by atoms with Crippen LogP contribution in [0.2, 0.25) is 0 Å². The van der Waals surface area contributed by atoms with Gasteiger partial charge >= 0.3 is 0 Å². The number of hydrogen-bond acceptors (Lipinski definition) is 4. The van der Waals surface area contributed by atoms with Crippen LogP contribution in [0.5, 0.6) is 0 Å². The topological polar surface area (TPSA) is 86.7 Å². The normalized spacial score (nSPS) is 23.5. The summed E-state index contributed by atoms with van der Waals surface area (Å²) in [5.41, 5.74) is 0.616. The van der Waals surface area contributed by atoms with Crippen LogP contribution in [0.3, 0.4) is 0 Å². The van der Waals surface area contributed by atoms with Crippen molar-refractivity contribution in [1.29, 1.82) is 0 Å². The van der Waals surface area contributed by atoms with E-state index in [9.17, 15) is 18.3 Å². The third-order valence-electron chi connectivity index (χ3n) is 4.81. The van der Waals surface area contributed by atoms with Crippen LogP contribution in [0.25, 0.3) is 0 Å². The van der Waals surface area contributed by atoms with Crippen molar-refractivity contribution in [1.82, 2.24) is 4.72 Å². The standard InChI is InChI=1S/C17H24N2O4S/c20-16-11-12-19(17(16)21)14-7-9-15(10-8-14)24(22,23)18-13-5-3-1-2-4-6-13/h7-10,13,16,18,20H,1-6,11-12H2/t16-/m1/s1. The zero-order chi connectivity index (χ0) is 17.2. The highest BCUT2D eigenvalue weighted by Gasteiger charge is 2.31. The van der Waals surface area contributed by atoms with E-state index in [4.69, 9.17) is 0 Å². The Hall–Kier alpha value is -1.44. The third-order valence-corrected chi connectivity index (χ3v) is 6.35. The monoisotopic (exact) mass is 352 g/mol. The maximum absolute atomic E-state index is 12.5. The fourth-order valence-electron chi connectivity index (χ4n) is 3.41. The Bertz CT molecular complexity index is 679. The number of carbonyl (C=O) groups excluding carboxylic acids is 1. The molecule has 1 atom stereocenters. The molecule has 2 fully saturated rings. The van der Waals surface area contributed by atoms with Gasteiger partial charge in [0.05, 0.1) is 4.90 Å². The van der Waals surface area contributed by atoms with Gasteiger partial charge in [0, 0.05) is 24.7 Å². The molecule has 0 radical (unpaired) electrons. The number of nitrogens with one attached hydrogen (secondary N) is 1. The van der Waals surface area contributed by atoms with Crippen LogP contribution in [-0.2, 0) is 14.8 Å². The minimum atomic E-state index is -3.54. The highest BCUT2D eigenvalue weighted by atomic mass is 32.2. The molecule has 1 saturated heterocycles. The Balaban J connectivity index is 1.71. The number of nitrogens with zero attached hydrogens (tertiary/aromatic N) is 1. The number of hydrogen-bond donors (Lipinski definition) is 2. The SMILES string of the molecule is O=C1[C@H](O)CCN1c1ccc(S(=O)(=O)NC2CCCCCC2)cc1. The molecule has 1 aromatic carbocycles. The average molecular weight is 352 g/mol. The van der Waals surface area contributed by atoms with Crippen molar-refractivity contribution in [3.8, 4) is 0 Å². The number of aliphatic hydroxyl groups is 1. The molecule has 132 valence electrons. The molecular formula is C17H24N2O4S. The Morgan fingerprint density at radius 1 is 1.00 bits per heavy atom. The molecule has 7 heteroatoms. The molecule has 3 rings (SSSR count). The largest absolute Gasteiger partial charge is 0.383 e. The lowest BCUT2D eigenvalue weighted by Gasteiger charge is -2.18. The first kappa shape index (κ1) is 17.4. The van der Waals surface area contributed by atoms with Crippen molar-refractivity contribution in [2.45, 2.75) is 62.0 Å². The second-order valence-electron chi connectivity index (χ2n) is 6.60. The van der Waals surface area contributed by atoms with Crippen LogP contribution in [-0.4, -0.2) is 38.1 Å². The van der Waals surface area contributed by atoms with Gasteiger partial charge in [-0.15, -0.1) is 0 Å². The number of anilines is 1. The Morgan fingerprint density at radius 3 is 2.17 bits per heavy atom. The van der Waals surface area contributed by atoms with E-state index in [1.807, 2.05) is 0 Å². The summed E-state index contributed by atoms with van der Waals surface area (Å²) in [5.74, 6) is -0.331. The molecule has 6 nitrogen and oxygen atoms in total. The highest BCUT2D eigenvalue weighted by molar-refractivity contribution is 7.89. The smallest absolute Gasteiger partial charge is 0.255 e. The van der Waals surface area contributed by atoms with Crippen LogP contribution >= 0.6 is 0 Å². The fourth-order valence-corrected chi connectivity index (χ4v) is 4.72. The second-order valence-corrected chi connectivity index (χ2v) is 8.31. The van der Waals surface area contributed by atoms with Gasteiger partial charge in [-0.1, -0.05) is 25.7 Å². The maximum atomic E-state index is 12.5. The van der Waals surface area contributed by atoms with Crippen LogP contribution < -0.4 is 9.62 Å². The van der Waals surface area contributed by atoms with Crippen molar-refractivity contribution < 1.29 is 18.3 Å². The molecule has 2 aliphatic rings. The Morgan fingerprint density at radius 2 is 1.62 bits per heavy atom. The van der Waals surface area contributed by atoms with Gasteiger partial charge in [0.2, 0.25) is 10.0 Å². The molecular weight excluding hydrogens is 328 g/mol. The minimum Gasteiger partial charge on any atom is -0.383 e. The molecule has 24 heavy (non-hydrogen) atoms. The zero-order valence-corrected chi connectivity index (χ0v) is 14.5. The quantitative estimate of drug-likeness (QED) is 0.809. The van der Waals surface area contributed by atoms with Gasteiger partial charge in [0.1, 0.15) is 6.10 Å². The first-order valence-corrected chi connectivity index (χ1v) is 10.1. The lowest BCUT2D eigenvalue weighted by Crippen LogP contribution is -2.34. The van der Waals surface area contributed by atoms with Crippen LogP contribution in [0, 0.1) is 0 Å². The fraction of sp³-hybridized carbons (Fsp3) is 0.588. The predicted octanol–water partition coefficient (Wildman–Crippen LogP) is 1.79. The highest BCUT2D eigenvalue weighted by Crippen LogP contribution is 2.24. The summed E-state index contributed by atoms with van der Waals surface area (Å²) in [6.45, 7) is 0.451. The van der Waals surface area contributed by atoms with Gasteiger partial charge in [0.25, 0.3) is 5.91 Å². The number of amides is 1. The van der Waals surface area contributed by atoms with E-state index >= 15 is 0 Å². The number of aliphatic hydroxyl groups excluding tert-OH is 1. The van der Waals surface area contributed by atoms with Gasteiger partial charge < -0.3 is 10.0 Å². The van der Waals surface area contributed by atoms with E-state index in [1.165, 1.54) is 29.9 Å². The summed E-state index contributed by atoms with van der Waals surface area (Å²) >= 11 is 0. The molecule has 1 aliphatic carbocycles. The Kier molecular flexibility index (Phi) is 5.22. The summed E-state index contributed by atoms with van der Waals surface area (Å²) in [7, 11) is -3.54. The summed E-state index contributed by atoms with van der Waals surface area (Å²) < 4.78 is 27.9. The molecule has 1 heterocycles. The third kappa shape index (κ3) is 3.79. The predicted molar refractivity (Wildman–Crippen MR) is 91.2 cm³/mol. The van der Waals surface area contributed by atoms with E-state index in [1.54, 1.807) is 12.1 Å². The maximum Gasteiger partial charge on any atom is 0.255 e.